The quantitative estimate of drug-likeness (QED) is 0.649. The van der Waals surface area contributed by atoms with Crippen molar-refractivity contribution in [3.05, 3.63) is 0 Å². The van der Waals surface area contributed by atoms with Crippen molar-refractivity contribution >= 4 is 13.6 Å². The lowest BCUT2D eigenvalue weighted by Gasteiger charge is -2.18. The number of hydrogen-bond donors (Lipinski definition) is 2. The summed E-state index contributed by atoms with van der Waals surface area (Å²) in [5.74, 6) is 0. The molecule has 0 aromatic heterocycles. The Morgan fingerprint density at radius 1 is 1.27 bits per heavy atom. The Morgan fingerprint density at radius 2 is 1.73 bits per heavy atom. The number of rotatable bonds is 3. The number of hydrogen-bond acceptors (Lipinski definition) is 2. The van der Waals surface area contributed by atoms with Crippen molar-refractivity contribution in [3.63, 3.8) is 0 Å². The van der Waals surface area contributed by atoms with Gasteiger partial charge >= 0.3 is 0 Å². The molecule has 0 fully saturated rings. The van der Waals surface area contributed by atoms with E-state index in [4.69, 9.17) is 9.79 Å². The standard InChI is InChI=1S/C8H19O2P/c1-8(2,3)6-5-7-11(4,9)10/h9-10H,4-7H2,1-3H3. The molecule has 0 aromatic rings. The Morgan fingerprint density at radius 3 is 2.00 bits per heavy atom. The Balaban J connectivity index is 3.52. The maximum Gasteiger partial charge on any atom is 0.111 e. The Bertz CT molecular complexity index is 152. The average molecular weight is 178 g/mol. The Labute approximate surface area is 69.4 Å². The van der Waals surface area contributed by atoms with Crippen LogP contribution in [0.1, 0.15) is 33.6 Å². The first-order valence-electron chi connectivity index (χ1n) is 3.89. The highest BCUT2D eigenvalue weighted by atomic mass is 31.2. The molecule has 0 amide bonds. The predicted molar refractivity (Wildman–Crippen MR) is 52.0 cm³/mol. The van der Waals surface area contributed by atoms with Crippen LogP contribution in [-0.4, -0.2) is 22.2 Å². The molecule has 3 heteroatoms. The van der Waals surface area contributed by atoms with E-state index in [0.29, 0.717) is 6.16 Å². The van der Waals surface area contributed by atoms with E-state index in [2.05, 4.69) is 27.1 Å². The van der Waals surface area contributed by atoms with E-state index in [1.807, 2.05) is 0 Å². The van der Waals surface area contributed by atoms with Crippen LogP contribution in [0.3, 0.4) is 0 Å². The predicted octanol–water partition coefficient (Wildman–Crippen LogP) is 2.08. The van der Waals surface area contributed by atoms with E-state index in [9.17, 15) is 0 Å². The summed E-state index contributed by atoms with van der Waals surface area (Å²) in [7, 11) is -2.75. The highest BCUT2D eigenvalue weighted by Crippen LogP contribution is 2.36. The fourth-order valence-electron chi connectivity index (χ4n) is 0.863. The first-order chi connectivity index (χ1) is 4.71. The van der Waals surface area contributed by atoms with Gasteiger partial charge in [-0.3, -0.25) is 0 Å². The minimum absolute atomic E-state index is 0.287. The molecule has 0 aromatic carbocycles. The van der Waals surface area contributed by atoms with Crippen LogP contribution in [0.4, 0.5) is 0 Å². The molecule has 0 aliphatic rings. The normalized spacial score (nSPS) is 13.5. The monoisotopic (exact) mass is 178 g/mol. The smallest absolute Gasteiger partial charge is 0.111 e. The first kappa shape index (κ1) is 11.2. The van der Waals surface area contributed by atoms with Crippen molar-refractivity contribution in [2.24, 2.45) is 5.41 Å². The molecule has 0 saturated heterocycles. The molecule has 0 spiro atoms. The lowest BCUT2D eigenvalue weighted by Crippen LogP contribution is -2.05. The van der Waals surface area contributed by atoms with Gasteiger partial charge in [0.2, 0.25) is 0 Å². The largest absolute Gasteiger partial charge is 0.353 e. The van der Waals surface area contributed by atoms with Crippen LogP contribution in [0.15, 0.2) is 0 Å². The van der Waals surface area contributed by atoms with E-state index >= 15 is 0 Å². The van der Waals surface area contributed by atoms with E-state index in [0.717, 1.165) is 12.8 Å². The second-order valence-electron chi connectivity index (χ2n) is 4.27. The molecular weight excluding hydrogens is 159 g/mol. The van der Waals surface area contributed by atoms with Crippen LogP contribution in [0.25, 0.3) is 0 Å². The molecule has 0 radical (unpaired) electrons. The molecule has 0 unspecified atom stereocenters. The lowest BCUT2D eigenvalue weighted by molar-refractivity contribution is 0.369. The summed E-state index contributed by atoms with van der Waals surface area (Å²) in [5.41, 5.74) is 0.287. The molecule has 0 bridgehead atoms. The molecule has 0 atom stereocenters. The summed E-state index contributed by atoms with van der Waals surface area (Å²) in [6.45, 7) is 6.43. The van der Waals surface area contributed by atoms with Crippen LogP contribution in [0, 0.1) is 5.41 Å². The van der Waals surface area contributed by atoms with Gasteiger partial charge in [-0.15, -0.1) is 0 Å². The fourth-order valence-corrected chi connectivity index (χ4v) is 1.53. The van der Waals surface area contributed by atoms with Gasteiger partial charge in [-0.1, -0.05) is 27.1 Å². The van der Waals surface area contributed by atoms with Gasteiger partial charge in [-0.05, 0) is 18.3 Å². The maximum atomic E-state index is 8.97. The van der Waals surface area contributed by atoms with Crippen molar-refractivity contribution in [3.8, 4) is 0 Å². The molecule has 11 heavy (non-hydrogen) atoms. The Hall–Kier alpha value is 0.220. The van der Waals surface area contributed by atoms with Gasteiger partial charge in [0.05, 0.1) is 0 Å². The van der Waals surface area contributed by atoms with Gasteiger partial charge in [0.1, 0.15) is 7.34 Å². The average Bonchev–Trinajstić information content (AvgIpc) is 1.55. The summed E-state index contributed by atoms with van der Waals surface area (Å²) >= 11 is 0. The van der Waals surface area contributed by atoms with Crippen molar-refractivity contribution in [1.82, 2.24) is 0 Å². The topological polar surface area (TPSA) is 40.5 Å². The summed E-state index contributed by atoms with van der Waals surface area (Å²) in [6, 6.07) is 0. The summed E-state index contributed by atoms with van der Waals surface area (Å²) in [5, 5.41) is 0. The highest BCUT2D eigenvalue weighted by molar-refractivity contribution is 7.62. The van der Waals surface area contributed by atoms with Crippen molar-refractivity contribution in [2.75, 3.05) is 6.16 Å². The van der Waals surface area contributed by atoms with Gasteiger partial charge < -0.3 is 9.79 Å². The van der Waals surface area contributed by atoms with Crippen LogP contribution in [0.2, 0.25) is 0 Å². The zero-order valence-electron chi connectivity index (χ0n) is 7.67. The van der Waals surface area contributed by atoms with Gasteiger partial charge in [0.25, 0.3) is 0 Å². The van der Waals surface area contributed by atoms with Gasteiger partial charge in [-0.2, -0.15) is 0 Å². The van der Waals surface area contributed by atoms with Crippen molar-refractivity contribution in [2.45, 2.75) is 33.6 Å². The van der Waals surface area contributed by atoms with E-state index in [-0.39, 0.29) is 5.41 Å². The molecule has 2 N–H and O–H groups in total. The molecule has 0 saturated carbocycles. The van der Waals surface area contributed by atoms with Crippen molar-refractivity contribution < 1.29 is 9.79 Å². The van der Waals surface area contributed by atoms with Crippen LogP contribution < -0.4 is 0 Å². The third-order valence-corrected chi connectivity index (χ3v) is 2.48. The summed E-state index contributed by atoms with van der Waals surface area (Å²) < 4.78 is 0. The molecule has 0 aliphatic heterocycles. The molecule has 0 heterocycles. The lowest BCUT2D eigenvalue weighted by atomic mass is 9.91. The highest BCUT2D eigenvalue weighted by Gasteiger charge is 2.11. The minimum atomic E-state index is -2.75. The van der Waals surface area contributed by atoms with Crippen molar-refractivity contribution in [1.29, 1.82) is 0 Å². The molecule has 68 valence electrons. The Kier molecular flexibility index (Phi) is 3.83. The molecular formula is C8H19O2P. The summed E-state index contributed by atoms with van der Waals surface area (Å²) in [4.78, 5) is 17.9. The first-order valence-corrected chi connectivity index (χ1v) is 5.95. The molecule has 2 nitrogen and oxygen atoms in total. The SMILES string of the molecule is C=P(O)(O)CCCC(C)(C)C. The zero-order valence-corrected chi connectivity index (χ0v) is 8.56. The molecule has 0 rings (SSSR count). The van der Waals surface area contributed by atoms with Crippen LogP contribution in [-0.2, 0) is 0 Å². The summed E-state index contributed by atoms with van der Waals surface area (Å²) in [6.07, 6.45) is 5.65. The minimum Gasteiger partial charge on any atom is -0.353 e. The van der Waals surface area contributed by atoms with Gasteiger partial charge in [0, 0.05) is 6.16 Å². The van der Waals surface area contributed by atoms with Gasteiger partial charge in [-0.25, -0.2) is 0 Å². The second kappa shape index (κ2) is 3.75. The van der Waals surface area contributed by atoms with E-state index in [1.165, 1.54) is 0 Å². The maximum absolute atomic E-state index is 8.97. The van der Waals surface area contributed by atoms with E-state index < -0.39 is 7.34 Å². The third kappa shape index (κ3) is 10.2. The zero-order chi connectivity index (χ0) is 9.12. The van der Waals surface area contributed by atoms with Crippen LogP contribution >= 0.6 is 7.34 Å². The van der Waals surface area contributed by atoms with Gasteiger partial charge in [0.15, 0.2) is 0 Å². The third-order valence-electron chi connectivity index (χ3n) is 1.44. The second-order valence-corrected chi connectivity index (χ2v) is 6.47. The van der Waals surface area contributed by atoms with Crippen LogP contribution in [0.5, 0.6) is 0 Å². The molecule has 0 aliphatic carbocycles. The fraction of sp³-hybridized carbons (Fsp3) is 0.875. The van der Waals surface area contributed by atoms with E-state index in [1.54, 1.807) is 0 Å².